The highest BCUT2D eigenvalue weighted by Crippen LogP contribution is 2.32. The summed E-state index contributed by atoms with van der Waals surface area (Å²) in [5, 5.41) is 5.43. The van der Waals surface area contributed by atoms with Crippen molar-refractivity contribution in [1.29, 1.82) is 0 Å². The van der Waals surface area contributed by atoms with Crippen molar-refractivity contribution in [3.05, 3.63) is 95.2 Å². The Bertz CT molecular complexity index is 1190. The molecule has 168 valence electrons. The molecular weight excluding hydrogens is 420 g/mol. The third kappa shape index (κ3) is 5.86. The molecule has 0 radical (unpaired) electrons. The predicted octanol–water partition coefficient (Wildman–Crippen LogP) is 4.32. The van der Waals surface area contributed by atoms with Gasteiger partial charge in [0.15, 0.2) is 17.3 Å². The number of anilines is 1. The van der Waals surface area contributed by atoms with Crippen LogP contribution in [-0.4, -0.2) is 31.8 Å². The molecule has 7 nitrogen and oxygen atoms in total. The van der Waals surface area contributed by atoms with E-state index in [1.54, 1.807) is 72.8 Å². The molecule has 2 amide bonds. The second-order valence-corrected chi connectivity index (χ2v) is 7.05. The van der Waals surface area contributed by atoms with Gasteiger partial charge in [0.1, 0.15) is 5.70 Å². The Hall–Kier alpha value is -4.39. The van der Waals surface area contributed by atoms with Crippen LogP contribution in [0, 0.1) is 0 Å². The van der Waals surface area contributed by atoms with Crippen molar-refractivity contribution < 1.29 is 23.9 Å². The minimum absolute atomic E-state index is 0.00560. The number of rotatable bonds is 8. The van der Waals surface area contributed by atoms with Crippen LogP contribution in [0.5, 0.6) is 11.5 Å². The number of hydrogen-bond acceptors (Lipinski definition) is 5. The summed E-state index contributed by atoms with van der Waals surface area (Å²) in [7, 11) is 3.01. The van der Waals surface area contributed by atoms with Crippen LogP contribution in [-0.2, 0) is 4.79 Å². The fraction of sp³-hybridized carbons (Fsp3) is 0.115. The summed E-state index contributed by atoms with van der Waals surface area (Å²) in [6.45, 7) is 1.47. The van der Waals surface area contributed by atoms with Gasteiger partial charge in [-0.1, -0.05) is 30.3 Å². The molecule has 0 aliphatic carbocycles. The highest BCUT2D eigenvalue weighted by atomic mass is 16.5. The van der Waals surface area contributed by atoms with E-state index in [9.17, 15) is 14.4 Å². The fourth-order valence-corrected chi connectivity index (χ4v) is 3.11. The topological polar surface area (TPSA) is 93.7 Å². The molecule has 7 heteroatoms. The van der Waals surface area contributed by atoms with Gasteiger partial charge in [-0.25, -0.2) is 0 Å². The van der Waals surface area contributed by atoms with E-state index < -0.39 is 11.8 Å². The zero-order valence-electron chi connectivity index (χ0n) is 18.5. The van der Waals surface area contributed by atoms with Gasteiger partial charge in [-0.05, 0) is 55.5 Å². The number of amides is 2. The van der Waals surface area contributed by atoms with Gasteiger partial charge in [-0.15, -0.1) is 0 Å². The number of hydrogen-bond donors (Lipinski definition) is 2. The lowest BCUT2D eigenvalue weighted by Gasteiger charge is -2.14. The average Bonchev–Trinajstić information content (AvgIpc) is 2.84. The Kier molecular flexibility index (Phi) is 7.60. The lowest BCUT2D eigenvalue weighted by atomic mass is 10.1. The first-order valence-corrected chi connectivity index (χ1v) is 10.1. The van der Waals surface area contributed by atoms with Crippen LogP contribution in [0.25, 0.3) is 6.08 Å². The Balaban J connectivity index is 1.96. The monoisotopic (exact) mass is 444 g/mol. The normalized spacial score (nSPS) is 10.8. The van der Waals surface area contributed by atoms with Crippen LogP contribution in [0.3, 0.4) is 0 Å². The summed E-state index contributed by atoms with van der Waals surface area (Å²) < 4.78 is 10.8. The standard InChI is InChI=1S/C26H24N2O5/c1-17(29)18-12-14-21(15-13-18)27-26(31)22(28-25(30)19-8-5-4-6-9-19)16-20-10-7-11-23(32-2)24(20)33-3/h4-16H,1-3H3,(H,27,31)(H,28,30)/b22-16-. The Morgan fingerprint density at radius 2 is 1.48 bits per heavy atom. The predicted molar refractivity (Wildman–Crippen MR) is 127 cm³/mol. The smallest absolute Gasteiger partial charge is 0.272 e. The molecule has 33 heavy (non-hydrogen) atoms. The van der Waals surface area contributed by atoms with Gasteiger partial charge in [-0.2, -0.15) is 0 Å². The van der Waals surface area contributed by atoms with Crippen LogP contribution in [0.15, 0.2) is 78.5 Å². The minimum atomic E-state index is -0.542. The van der Waals surface area contributed by atoms with E-state index in [1.165, 1.54) is 27.2 Å². The molecule has 0 aliphatic heterocycles. The van der Waals surface area contributed by atoms with E-state index in [0.717, 1.165) is 0 Å². The summed E-state index contributed by atoms with van der Waals surface area (Å²) in [6.07, 6.45) is 1.52. The molecule has 3 aromatic carbocycles. The number of carbonyl (C=O) groups is 3. The van der Waals surface area contributed by atoms with Crippen LogP contribution < -0.4 is 20.1 Å². The Morgan fingerprint density at radius 1 is 0.788 bits per heavy atom. The third-order valence-electron chi connectivity index (χ3n) is 4.81. The second-order valence-electron chi connectivity index (χ2n) is 7.05. The minimum Gasteiger partial charge on any atom is -0.493 e. The molecule has 3 aromatic rings. The molecule has 0 saturated carbocycles. The molecule has 0 bridgehead atoms. The van der Waals surface area contributed by atoms with Crippen molar-refractivity contribution in [2.45, 2.75) is 6.92 Å². The van der Waals surface area contributed by atoms with Crippen molar-refractivity contribution in [1.82, 2.24) is 5.32 Å². The van der Waals surface area contributed by atoms with E-state index in [-0.39, 0.29) is 11.5 Å². The number of para-hydroxylation sites is 1. The number of Topliss-reactive ketones (excluding diaryl/α,β-unsaturated/α-hetero) is 1. The van der Waals surface area contributed by atoms with E-state index in [1.807, 2.05) is 0 Å². The third-order valence-corrected chi connectivity index (χ3v) is 4.81. The van der Waals surface area contributed by atoms with Crippen LogP contribution in [0.1, 0.15) is 33.2 Å². The molecule has 0 aliphatic rings. The van der Waals surface area contributed by atoms with Gasteiger partial charge in [0.2, 0.25) is 0 Å². The second kappa shape index (κ2) is 10.8. The van der Waals surface area contributed by atoms with E-state index in [0.29, 0.717) is 33.9 Å². The lowest BCUT2D eigenvalue weighted by molar-refractivity contribution is -0.113. The van der Waals surface area contributed by atoms with Gasteiger partial charge >= 0.3 is 0 Å². The maximum absolute atomic E-state index is 13.1. The summed E-state index contributed by atoms with van der Waals surface area (Å²) in [4.78, 5) is 37.4. The van der Waals surface area contributed by atoms with E-state index in [2.05, 4.69) is 10.6 Å². The number of methoxy groups -OCH3 is 2. The summed E-state index contributed by atoms with van der Waals surface area (Å²) in [5.74, 6) is -0.149. The van der Waals surface area contributed by atoms with Gasteiger partial charge in [0, 0.05) is 22.4 Å². The molecule has 0 unspecified atom stereocenters. The highest BCUT2D eigenvalue weighted by Gasteiger charge is 2.17. The van der Waals surface area contributed by atoms with E-state index in [4.69, 9.17) is 9.47 Å². The molecule has 0 aromatic heterocycles. The molecule has 3 rings (SSSR count). The first-order chi connectivity index (χ1) is 15.9. The van der Waals surface area contributed by atoms with E-state index >= 15 is 0 Å². The Morgan fingerprint density at radius 3 is 2.09 bits per heavy atom. The number of ether oxygens (including phenoxy) is 2. The van der Waals surface area contributed by atoms with Gasteiger partial charge in [0.05, 0.1) is 14.2 Å². The number of benzene rings is 3. The zero-order chi connectivity index (χ0) is 23.8. The van der Waals surface area contributed by atoms with Gasteiger partial charge in [-0.3, -0.25) is 14.4 Å². The molecule has 0 atom stereocenters. The van der Waals surface area contributed by atoms with Crippen molar-refractivity contribution in [3.8, 4) is 11.5 Å². The number of nitrogens with one attached hydrogen (secondary N) is 2. The average molecular weight is 444 g/mol. The molecule has 0 heterocycles. The number of ketones is 1. The van der Waals surface area contributed by atoms with Crippen molar-refractivity contribution in [2.75, 3.05) is 19.5 Å². The SMILES string of the molecule is COc1cccc(/C=C(\NC(=O)c2ccccc2)C(=O)Nc2ccc(C(C)=O)cc2)c1OC. The first-order valence-electron chi connectivity index (χ1n) is 10.1. The maximum Gasteiger partial charge on any atom is 0.272 e. The van der Waals surface area contributed by atoms with Gasteiger partial charge in [0.25, 0.3) is 11.8 Å². The Labute approximate surface area is 192 Å². The molecule has 0 fully saturated rings. The maximum atomic E-state index is 13.1. The zero-order valence-corrected chi connectivity index (χ0v) is 18.5. The highest BCUT2D eigenvalue weighted by molar-refractivity contribution is 6.11. The quantitative estimate of drug-likeness (QED) is 0.399. The molecular formula is C26H24N2O5. The summed E-state index contributed by atoms with van der Waals surface area (Å²) in [6, 6.07) is 20.3. The van der Waals surface area contributed by atoms with Crippen molar-refractivity contribution in [3.63, 3.8) is 0 Å². The van der Waals surface area contributed by atoms with Crippen LogP contribution >= 0.6 is 0 Å². The molecule has 0 spiro atoms. The fourth-order valence-electron chi connectivity index (χ4n) is 3.11. The largest absolute Gasteiger partial charge is 0.493 e. The van der Waals surface area contributed by atoms with Crippen molar-refractivity contribution in [2.24, 2.45) is 0 Å². The number of carbonyl (C=O) groups excluding carboxylic acids is 3. The molecule has 0 saturated heterocycles. The van der Waals surface area contributed by atoms with Crippen molar-refractivity contribution >= 4 is 29.4 Å². The molecule has 2 N–H and O–H groups in total. The van der Waals surface area contributed by atoms with Crippen LogP contribution in [0.4, 0.5) is 5.69 Å². The lowest BCUT2D eigenvalue weighted by Crippen LogP contribution is -2.30. The van der Waals surface area contributed by atoms with Gasteiger partial charge < -0.3 is 20.1 Å². The van der Waals surface area contributed by atoms with Crippen LogP contribution in [0.2, 0.25) is 0 Å². The summed E-state index contributed by atoms with van der Waals surface area (Å²) in [5.41, 5.74) is 1.96. The summed E-state index contributed by atoms with van der Waals surface area (Å²) >= 11 is 0. The first kappa shape index (κ1) is 23.3.